The van der Waals surface area contributed by atoms with Crippen LogP contribution in [0.3, 0.4) is 0 Å². The van der Waals surface area contributed by atoms with Crippen LogP contribution in [0.5, 0.6) is 0 Å². The van der Waals surface area contributed by atoms with E-state index in [0.29, 0.717) is 26.3 Å². The fourth-order valence-corrected chi connectivity index (χ4v) is 5.72. The first kappa shape index (κ1) is 23.6. The van der Waals surface area contributed by atoms with Crippen molar-refractivity contribution < 1.29 is 22.7 Å². The lowest BCUT2D eigenvalue weighted by molar-refractivity contribution is -0.121. The minimum Gasteiger partial charge on any atom is -0.378 e. The average molecular weight is 494 g/mol. The Balaban J connectivity index is 1.22. The number of benzene rings is 1. The van der Waals surface area contributed by atoms with Crippen molar-refractivity contribution in [3.63, 3.8) is 0 Å². The Morgan fingerprint density at radius 2 is 1.85 bits per heavy atom. The van der Waals surface area contributed by atoms with Gasteiger partial charge in [0.2, 0.25) is 15.9 Å². The van der Waals surface area contributed by atoms with Gasteiger partial charge in [-0.05, 0) is 48.9 Å². The first-order chi connectivity index (χ1) is 15.9. The first-order valence-electron chi connectivity index (χ1n) is 10.9. The second-order valence-corrected chi connectivity index (χ2v) is 10.5. The maximum absolute atomic E-state index is 12.6. The molecule has 1 fully saturated rings. The molecule has 1 aliphatic carbocycles. The van der Waals surface area contributed by atoms with Gasteiger partial charge in [0, 0.05) is 31.4 Å². The number of rotatable bonds is 7. The summed E-state index contributed by atoms with van der Waals surface area (Å²) >= 11 is 1.35. The van der Waals surface area contributed by atoms with Crippen LogP contribution in [0.15, 0.2) is 28.5 Å². The highest BCUT2D eigenvalue weighted by Gasteiger charge is 2.19. The van der Waals surface area contributed by atoms with Crippen molar-refractivity contribution in [3.8, 4) is 0 Å². The Labute approximate surface area is 196 Å². The summed E-state index contributed by atoms with van der Waals surface area (Å²) in [7, 11) is -3.71. The number of aryl methyl sites for hydroxylation is 2. The number of morpholine rings is 1. The second-order valence-electron chi connectivity index (χ2n) is 7.90. The minimum absolute atomic E-state index is 0.0843. The number of hydrazine groups is 1. The number of amides is 2. The zero-order chi connectivity index (χ0) is 23.3. The molecule has 2 amide bonds. The summed E-state index contributed by atoms with van der Waals surface area (Å²) in [5.74, 6) is -1.05. The lowest BCUT2D eigenvalue weighted by Gasteiger charge is -2.25. The van der Waals surface area contributed by atoms with Crippen molar-refractivity contribution in [3.05, 3.63) is 40.4 Å². The van der Waals surface area contributed by atoms with Crippen LogP contribution < -0.4 is 20.5 Å². The zero-order valence-electron chi connectivity index (χ0n) is 18.1. The van der Waals surface area contributed by atoms with Crippen LogP contribution in [0.1, 0.15) is 40.9 Å². The van der Waals surface area contributed by atoms with E-state index in [2.05, 4.69) is 20.6 Å². The predicted octanol–water partition coefficient (Wildman–Crippen LogP) is 0.988. The van der Waals surface area contributed by atoms with E-state index in [1.807, 2.05) is 11.0 Å². The van der Waals surface area contributed by atoms with Crippen molar-refractivity contribution in [1.29, 1.82) is 0 Å². The molecule has 2 aromatic rings. The van der Waals surface area contributed by atoms with Gasteiger partial charge in [-0.2, -0.15) is 0 Å². The summed E-state index contributed by atoms with van der Waals surface area (Å²) in [4.78, 5) is 30.8. The van der Waals surface area contributed by atoms with Gasteiger partial charge in [0.25, 0.3) is 5.91 Å². The summed E-state index contributed by atoms with van der Waals surface area (Å²) < 4.78 is 32.9. The normalized spacial score (nSPS) is 16.2. The Morgan fingerprint density at radius 3 is 2.64 bits per heavy atom. The molecule has 0 radical (unpaired) electrons. The number of ether oxygens (including phenoxy) is 1. The molecule has 0 saturated carbocycles. The number of sulfonamides is 1. The van der Waals surface area contributed by atoms with Crippen molar-refractivity contribution >= 4 is 38.3 Å². The second kappa shape index (κ2) is 10.6. The molecule has 0 unspecified atom stereocenters. The SMILES string of the molecule is O=C(CCNS(=O)(=O)c1ccc2c(c1)CCCC2)NNC(=O)c1csc(N2CCOCC2)n1. The molecule has 33 heavy (non-hydrogen) atoms. The summed E-state index contributed by atoms with van der Waals surface area (Å²) in [6.45, 7) is 2.58. The number of carbonyl (C=O) groups is 2. The van der Waals surface area contributed by atoms with Crippen LogP contribution in [0.4, 0.5) is 5.13 Å². The Morgan fingerprint density at radius 1 is 1.09 bits per heavy atom. The molecule has 1 aliphatic heterocycles. The number of anilines is 1. The van der Waals surface area contributed by atoms with Crippen LogP contribution in [0.25, 0.3) is 0 Å². The van der Waals surface area contributed by atoms with E-state index >= 15 is 0 Å². The number of hydrogen-bond donors (Lipinski definition) is 3. The van der Waals surface area contributed by atoms with Crippen molar-refractivity contribution in [2.45, 2.75) is 37.0 Å². The number of nitrogens with one attached hydrogen (secondary N) is 3. The smallest absolute Gasteiger partial charge is 0.289 e. The third-order valence-electron chi connectivity index (χ3n) is 5.60. The highest BCUT2D eigenvalue weighted by atomic mass is 32.2. The molecule has 2 heterocycles. The quantitative estimate of drug-likeness (QED) is 0.491. The third-order valence-corrected chi connectivity index (χ3v) is 7.96. The van der Waals surface area contributed by atoms with Crippen LogP contribution in [-0.4, -0.2) is 58.1 Å². The Hall–Kier alpha value is -2.54. The minimum atomic E-state index is -3.71. The molecule has 1 aromatic heterocycles. The molecule has 10 nitrogen and oxygen atoms in total. The molecule has 0 bridgehead atoms. The largest absolute Gasteiger partial charge is 0.378 e. The molecule has 178 valence electrons. The molecule has 2 aliphatic rings. The Kier molecular flexibility index (Phi) is 7.58. The van der Waals surface area contributed by atoms with E-state index in [-0.39, 0.29) is 23.6 Å². The fourth-order valence-electron chi connectivity index (χ4n) is 3.78. The summed E-state index contributed by atoms with van der Waals surface area (Å²) in [5.41, 5.74) is 7.09. The molecule has 0 atom stereocenters. The van der Waals surface area contributed by atoms with Crippen LogP contribution in [0, 0.1) is 0 Å². The molecular weight excluding hydrogens is 466 g/mol. The van der Waals surface area contributed by atoms with E-state index in [0.717, 1.165) is 36.4 Å². The van der Waals surface area contributed by atoms with Crippen LogP contribution in [0.2, 0.25) is 0 Å². The number of nitrogens with zero attached hydrogens (tertiary/aromatic N) is 2. The maximum Gasteiger partial charge on any atom is 0.289 e. The zero-order valence-corrected chi connectivity index (χ0v) is 19.8. The van der Waals surface area contributed by atoms with E-state index in [1.54, 1.807) is 17.5 Å². The molecule has 12 heteroatoms. The van der Waals surface area contributed by atoms with Gasteiger partial charge in [0.05, 0.1) is 18.1 Å². The molecular formula is C21H27N5O5S2. The highest BCUT2D eigenvalue weighted by Crippen LogP contribution is 2.24. The van der Waals surface area contributed by atoms with Gasteiger partial charge in [-0.1, -0.05) is 6.07 Å². The van der Waals surface area contributed by atoms with Gasteiger partial charge in [-0.15, -0.1) is 11.3 Å². The molecule has 1 aromatic carbocycles. The number of hydrogen-bond acceptors (Lipinski definition) is 8. The Bertz CT molecular complexity index is 1110. The number of thiazole rings is 1. The van der Waals surface area contributed by atoms with Crippen molar-refractivity contribution in [2.24, 2.45) is 0 Å². The summed E-state index contributed by atoms with van der Waals surface area (Å²) in [6.07, 6.45) is 3.92. The topological polar surface area (TPSA) is 130 Å². The standard InChI is InChI=1S/C21H27N5O5S2/c27-19(24-25-20(28)18-14-32-21(23-18)26-9-11-31-12-10-26)7-8-22-33(29,30)17-6-5-15-3-1-2-4-16(15)13-17/h5-6,13-14,22H,1-4,7-12H2,(H,24,27)(H,25,28). The van der Waals surface area contributed by atoms with Gasteiger partial charge >= 0.3 is 0 Å². The number of fused-ring (bicyclic) bond motifs is 1. The van der Waals surface area contributed by atoms with Gasteiger partial charge in [-0.25, -0.2) is 18.1 Å². The van der Waals surface area contributed by atoms with Crippen LogP contribution >= 0.6 is 11.3 Å². The van der Waals surface area contributed by atoms with E-state index < -0.39 is 21.8 Å². The van der Waals surface area contributed by atoms with Gasteiger partial charge < -0.3 is 9.64 Å². The van der Waals surface area contributed by atoms with Gasteiger partial charge in [-0.3, -0.25) is 20.4 Å². The third kappa shape index (κ3) is 6.08. The molecule has 1 saturated heterocycles. The monoisotopic (exact) mass is 493 g/mol. The average Bonchev–Trinajstić information content (AvgIpc) is 3.33. The lowest BCUT2D eigenvalue weighted by atomic mass is 9.92. The summed E-state index contributed by atoms with van der Waals surface area (Å²) in [5, 5.41) is 2.35. The van der Waals surface area contributed by atoms with Crippen molar-refractivity contribution in [2.75, 3.05) is 37.7 Å². The fraction of sp³-hybridized carbons (Fsp3) is 0.476. The van der Waals surface area contributed by atoms with E-state index in [1.165, 1.54) is 16.9 Å². The van der Waals surface area contributed by atoms with Crippen molar-refractivity contribution in [1.82, 2.24) is 20.6 Å². The van der Waals surface area contributed by atoms with Gasteiger partial charge in [0.15, 0.2) is 5.13 Å². The molecule has 4 rings (SSSR count). The number of carbonyl (C=O) groups excluding carboxylic acids is 2. The highest BCUT2D eigenvalue weighted by molar-refractivity contribution is 7.89. The van der Waals surface area contributed by atoms with Crippen LogP contribution in [-0.2, 0) is 32.4 Å². The molecule has 0 spiro atoms. The predicted molar refractivity (Wildman–Crippen MR) is 124 cm³/mol. The van der Waals surface area contributed by atoms with Gasteiger partial charge in [0.1, 0.15) is 5.69 Å². The lowest BCUT2D eigenvalue weighted by Crippen LogP contribution is -2.43. The van der Waals surface area contributed by atoms with E-state index in [9.17, 15) is 18.0 Å². The van der Waals surface area contributed by atoms with E-state index in [4.69, 9.17) is 4.74 Å². The summed E-state index contributed by atoms with van der Waals surface area (Å²) in [6, 6.07) is 5.19. The molecule has 3 N–H and O–H groups in total. The maximum atomic E-state index is 12.6. The first-order valence-corrected chi connectivity index (χ1v) is 13.3. The number of aromatic nitrogens is 1.